The number of likely N-dealkylation sites (tertiary alicyclic amines) is 1. The first kappa shape index (κ1) is 21.9. The van der Waals surface area contributed by atoms with E-state index in [2.05, 4.69) is 15.3 Å². The van der Waals surface area contributed by atoms with Crippen molar-refractivity contribution in [2.24, 2.45) is 0 Å². The van der Waals surface area contributed by atoms with Crippen molar-refractivity contribution in [2.45, 2.75) is 18.9 Å². The van der Waals surface area contributed by atoms with E-state index in [1.807, 2.05) is 0 Å². The van der Waals surface area contributed by atoms with Crippen molar-refractivity contribution in [2.75, 3.05) is 20.2 Å². The van der Waals surface area contributed by atoms with Gasteiger partial charge in [-0.15, -0.1) is 5.10 Å². The first-order valence-electron chi connectivity index (χ1n) is 10.8. The summed E-state index contributed by atoms with van der Waals surface area (Å²) >= 11 is 0. The topological polar surface area (TPSA) is 93.1 Å². The zero-order chi connectivity index (χ0) is 23.8. The number of amides is 1. The van der Waals surface area contributed by atoms with Crippen LogP contribution in [0.15, 0.2) is 53.5 Å². The highest BCUT2D eigenvalue weighted by molar-refractivity contribution is 5.94. The van der Waals surface area contributed by atoms with E-state index in [1.165, 1.54) is 10.7 Å². The number of aromatic amines is 1. The third-order valence-corrected chi connectivity index (χ3v) is 6.03. The predicted octanol–water partition coefficient (Wildman–Crippen LogP) is 3.31. The van der Waals surface area contributed by atoms with E-state index in [4.69, 9.17) is 4.74 Å². The average Bonchev–Trinajstić information content (AvgIpc) is 3.34. The highest BCUT2D eigenvalue weighted by Gasteiger charge is 2.24. The molecule has 1 amide bonds. The highest BCUT2D eigenvalue weighted by Crippen LogP contribution is 2.22. The molecule has 5 rings (SSSR count). The van der Waals surface area contributed by atoms with Gasteiger partial charge >= 0.3 is 0 Å². The third kappa shape index (κ3) is 4.08. The zero-order valence-corrected chi connectivity index (χ0v) is 18.3. The van der Waals surface area contributed by atoms with Gasteiger partial charge in [0.25, 0.3) is 11.5 Å². The number of carbonyl (C=O) groups excluding carboxylic acids is 1. The van der Waals surface area contributed by atoms with Crippen LogP contribution in [0, 0.1) is 11.6 Å². The molecule has 0 radical (unpaired) electrons. The number of carbonyl (C=O) groups is 1. The molecule has 2 aromatic carbocycles. The molecule has 0 spiro atoms. The van der Waals surface area contributed by atoms with Crippen molar-refractivity contribution in [1.82, 2.24) is 24.9 Å². The summed E-state index contributed by atoms with van der Waals surface area (Å²) in [7, 11) is 1.66. The van der Waals surface area contributed by atoms with Gasteiger partial charge in [-0.2, -0.15) is 0 Å². The smallest absolute Gasteiger partial charge is 0.258 e. The Morgan fingerprint density at radius 3 is 2.68 bits per heavy atom. The summed E-state index contributed by atoms with van der Waals surface area (Å²) in [6.45, 7) is 1.27. The van der Waals surface area contributed by atoms with Gasteiger partial charge in [0.15, 0.2) is 11.6 Å². The maximum absolute atomic E-state index is 13.6. The van der Waals surface area contributed by atoms with Crippen molar-refractivity contribution in [3.8, 4) is 16.9 Å². The predicted molar refractivity (Wildman–Crippen MR) is 121 cm³/mol. The number of nitrogens with zero attached hydrogens (tertiary/aromatic N) is 4. The Kier molecular flexibility index (Phi) is 5.66. The van der Waals surface area contributed by atoms with Gasteiger partial charge in [-0.1, -0.05) is 5.21 Å². The lowest BCUT2D eigenvalue weighted by atomic mass is 10.1. The number of benzene rings is 2. The molecular formula is C24H21F2N5O3. The van der Waals surface area contributed by atoms with Crippen molar-refractivity contribution in [3.05, 3.63) is 76.2 Å². The van der Waals surface area contributed by atoms with Crippen LogP contribution in [0.1, 0.15) is 23.2 Å². The minimum Gasteiger partial charge on any atom is -0.380 e. The van der Waals surface area contributed by atoms with Gasteiger partial charge in [0, 0.05) is 37.2 Å². The number of rotatable bonds is 4. The molecule has 8 nitrogen and oxygen atoms in total. The first-order valence-corrected chi connectivity index (χ1v) is 10.8. The number of methoxy groups -OCH3 is 1. The fraction of sp³-hybridized carbons (Fsp3) is 0.250. The average molecular weight is 465 g/mol. The Morgan fingerprint density at radius 1 is 1.15 bits per heavy atom. The van der Waals surface area contributed by atoms with E-state index in [1.54, 1.807) is 42.5 Å². The van der Waals surface area contributed by atoms with Gasteiger partial charge in [-0.25, -0.2) is 13.5 Å². The maximum atomic E-state index is 13.6. The number of ether oxygens (including phenoxy) is 1. The quantitative estimate of drug-likeness (QED) is 0.499. The van der Waals surface area contributed by atoms with Gasteiger partial charge in [-0.05, 0) is 49.2 Å². The zero-order valence-electron chi connectivity index (χ0n) is 18.3. The minimum absolute atomic E-state index is 0.0549. The summed E-state index contributed by atoms with van der Waals surface area (Å²) in [5.41, 5.74) is 1.34. The largest absolute Gasteiger partial charge is 0.380 e. The number of nitrogens with one attached hydrogen (secondary N) is 1. The molecule has 34 heavy (non-hydrogen) atoms. The summed E-state index contributed by atoms with van der Waals surface area (Å²) in [4.78, 5) is 29.7. The van der Waals surface area contributed by atoms with Crippen LogP contribution in [0.3, 0.4) is 0 Å². The molecule has 1 fully saturated rings. The molecule has 1 aliphatic rings. The molecule has 174 valence electrons. The number of H-pyrrole nitrogens is 1. The molecule has 0 saturated carbocycles. The fourth-order valence-electron chi connectivity index (χ4n) is 4.16. The normalized spacial score (nSPS) is 16.2. The molecule has 1 saturated heterocycles. The van der Waals surface area contributed by atoms with Gasteiger partial charge < -0.3 is 14.6 Å². The SMILES string of the molecule is COC1CCCN(C(=O)c2ccc(-n3cc(-c4cc5cc(F)c(F)cc5[nH]c4=O)nn3)cc2)C1. The molecule has 4 aromatic rings. The number of halogens is 2. The van der Waals surface area contributed by atoms with Gasteiger partial charge in [0.2, 0.25) is 0 Å². The fourth-order valence-corrected chi connectivity index (χ4v) is 4.16. The van der Waals surface area contributed by atoms with Crippen LogP contribution >= 0.6 is 0 Å². The molecule has 2 aromatic heterocycles. The molecule has 1 N–H and O–H groups in total. The molecule has 3 heterocycles. The Balaban J connectivity index is 1.39. The second kappa shape index (κ2) is 8.79. The van der Waals surface area contributed by atoms with Gasteiger partial charge in [-0.3, -0.25) is 9.59 Å². The number of piperidine rings is 1. The molecule has 0 aliphatic carbocycles. The molecule has 1 atom stereocenters. The van der Waals surface area contributed by atoms with Crippen molar-refractivity contribution in [3.63, 3.8) is 0 Å². The highest BCUT2D eigenvalue weighted by atomic mass is 19.2. The Bertz CT molecular complexity index is 1430. The summed E-state index contributed by atoms with van der Waals surface area (Å²) < 4.78 is 33.9. The van der Waals surface area contributed by atoms with E-state index in [-0.39, 0.29) is 28.8 Å². The van der Waals surface area contributed by atoms with Gasteiger partial charge in [0.05, 0.1) is 29.1 Å². The second-order valence-corrected chi connectivity index (χ2v) is 8.21. The van der Waals surface area contributed by atoms with Crippen molar-refractivity contribution < 1.29 is 18.3 Å². The maximum Gasteiger partial charge on any atom is 0.258 e. The number of pyridine rings is 1. The molecule has 1 aliphatic heterocycles. The van der Waals surface area contributed by atoms with Crippen LogP contribution in [0.2, 0.25) is 0 Å². The molecule has 0 bridgehead atoms. The van der Waals surface area contributed by atoms with Crippen LogP contribution in [0.5, 0.6) is 0 Å². The summed E-state index contributed by atoms with van der Waals surface area (Å²) in [5, 5.41) is 8.46. The van der Waals surface area contributed by atoms with E-state index in [0.29, 0.717) is 29.7 Å². The number of hydrogen-bond donors (Lipinski definition) is 1. The van der Waals surface area contributed by atoms with E-state index in [0.717, 1.165) is 25.0 Å². The number of aromatic nitrogens is 4. The molecule has 1 unspecified atom stereocenters. The van der Waals surface area contributed by atoms with E-state index >= 15 is 0 Å². The Labute approximate surface area is 192 Å². The summed E-state index contributed by atoms with van der Waals surface area (Å²) in [5.74, 6) is -2.10. The van der Waals surface area contributed by atoms with Gasteiger partial charge in [0.1, 0.15) is 5.69 Å². The Morgan fingerprint density at radius 2 is 1.91 bits per heavy atom. The lowest BCUT2D eigenvalue weighted by Crippen LogP contribution is -2.42. The first-order chi connectivity index (χ1) is 16.4. The number of hydrogen-bond acceptors (Lipinski definition) is 5. The van der Waals surface area contributed by atoms with Crippen LogP contribution in [-0.2, 0) is 4.74 Å². The van der Waals surface area contributed by atoms with E-state index in [9.17, 15) is 18.4 Å². The van der Waals surface area contributed by atoms with Crippen LogP contribution in [0.4, 0.5) is 8.78 Å². The van der Waals surface area contributed by atoms with Crippen molar-refractivity contribution >= 4 is 16.8 Å². The molecular weight excluding hydrogens is 444 g/mol. The monoisotopic (exact) mass is 465 g/mol. The third-order valence-electron chi connectivity index (χ3n) is 6.03. The summed E-state index contributed by atoms with van der Waals surface area (Å²) in [6, 6.07) is 10.3. The summed E-state index contributed by atoms with van der Waals surface area (Å²) in [6.07, 6.45) is 3.46. The van der Waals surface area contributed by atoms with Crippen LogP contribution in [0.25, 0.3) is 27.8 Å². The van der Waals surface area contributed by atoms with Crippen molar-refractivity contribution in [1.29, 1.82) is 0 Å². The molecule has 10 heteroatoms. The Hall–Kier alpha value is -3.92. The number of fused-ring (bicyclic) bond motifs is 1. The van der Waals surface area contributed by atoms with E-state index < -0.39 is 17.2 Å². The van der Waals surface area contributed by atoms with Crippen LogP contribution < -0.4 is 5.56 Å². The van der Waals surface area contributed by atoms with Crippen LogP contribution in [-0.4, -0.2) is 57.1 Å². The second-order valence-electron chi connectivity index (χ2n) is 8.21. The lowest BCUT2D eigenvalue weighted by molar-refractivity contribution is 0.0269. The minimum atomic E-state index is -1.04. The lowest BCUT2D eigenvalue weighted by Gasteiger charge is -2.32. The standard InChI is InChI=1S/C24H21F2N5O3/c1-34-17-3-2-8-30(12-17)24(33)14-4-6-16(7-5-14)31-13-22(28-29-31)18-9-15-10-19(25)20(26)11-21(15)27-23(18)32/h4-7,9-11,13,17H,2-3,8,12H2,1H3,(H,27,32).